The second-order valence-electron chi connectivity index (χ2n) is 5.88. The summed E-state index contributed by atoms with van der Waals surface area (Å²) < 4.78 is 0.980. The molecule has 1 aromatic heterocycles. The van der Waals surface area contributed by atoms with Gasteiger partial charge in [-0.3, -0.25) is 14.4 Å². The molecule has 128 valence electrons. The fraction of sp³-hybridized carbons (Fsp3) is 0.438. The zero-order valence-corrected chi connectivity index (χ0v) is 13.8. The first-order valence-corrected chi connectivity index (χ1v) is 7.83. The highest BCUT2D eigenvalue weighted by molar-refractivity contribution is 5.84. The molecule has 2 aromatic rings. The number of hydrogen-bond acceptors (Lipinski definition) is 5. The second-order valence-corrected chi connectivity index (χ2v) is 5.88. The highest BCUT2D eigenvalue weighted by atomic mass is 16.2. The minimum atomic E-state index is -0.472. The predicted molar refractivity (Wildman–Crippen MR) is 89.3 cm³/mol. The molecule has 2 rings (SSSR count). The van der Waals surface area contributed by atoms with Crippen molar-refractivity contribution in [2.75, 3.05) is 13.1 Å². The zero-order valence-electron chi connectivity index (χ0n) is 13.8. The smallest absolute Gasteiger partial charge is 0.278 e. The summed E-state index contributed by atoms with van der Waals surface area (Å²) >= 11 is 0. The molecule has 8 heteroatoms. The van der Waals surface area contributed by atoms with E-state index in [9.17, 15) is 14.4 Å². The Bertz CT molecular complexity index is 785. The summed E-state index contributed by atoms with van der Waals surface area (Å²) in [4.78, 5) is 35.7. The van der Waals surface area contributed by atoms with Gasteiger partial charge in [0, 0.05) is 6.54 Å². The molecule has 1 heterocycles. The van der Waals surface area contributed by atoms with Crippen LogP contribution in [0.2, 0.25) is 0 Å². The highest BCUT2D eigenvalue weighted by Crippen LogP contribution is 2.03. The van der Waals surface area contributed by atoms with Crippen molar-refractivity contribution in [2.24, 2.45) is 5.92 Å². The van der Waals surface area contributed by atoms with Gasteiger partial charge < -0.3 is 10.6 Å². The number of rotatable bonds is 7. The topological polar surface area (TPSA) is 106 Å². The molecule has 0 saturated carbocycles. The summed E-state index contributed by atoms with van der Waals surface area (Å²) in [6.07, 6.45) is 0.877. The van der Waals surface area contributed by atoms with Crippen molar-refractivity contribution in [3.63, 3.8) is 0 Å². The monoisotopic (exact) mass is 331 g/mol. The van der Waals surface area contributed by atoms with E-state index < -0.39 is 11.5 Å². The molecular formula is C16H21N5O3. The molecule has 2 amide bonds. The van der Waals surface area contributed by atoms with E-state index in [1.807, 2.05) is 0 Å². The van der Waals surface area contributed by atoms with Gasteiger partial charge in [0.1, 0.15) is 12.1 Å². The van der Waals surface area contributed by atoms with Crippen molar-refractivity contribution in [1.29, 1.82) is 0 Å². The summed E-state index contributed by atoms with van der Waals surface area (Å²) in [5.74, 6) is -0.236. The molecule has 0 unspecified atom stereocenters. The highest BCUT2D eigenvalue weighted by Gasteiger charge is 2.10. The number of amides is 2. The van der Waals surface area contributed by atoms with Gasteiger partial charge in [0.15, 0.2) is 0 Å². The van der Waals surface area contributed by atoms with Gasteiger partial charge in [-0.2, -0.15) is 0 Å². The average molecular weight is 331 g/mol. The lowest BCUT2D eigenvalue weighted by Crippen LogP contribution is -2.40. The summed E-state index contributed by atoms with van der Waals surface area (Å²) in [6, 6.07) is 6.78. The van der Waals surface area contributed by atoms with E-state index in [4.69, 9.17) is 0 Å². The molecule has 0 fully saturated rings. The van der Waals surface area contributed by atoms with Crippen LogP contribution in [0, 0.1) is 5.92 Å². The molecule has 0 atom stereocenters. The number of fused-ring (bicyclic) bond motifs is 1. The van der Waals surface area contributed by atoms with Crippen LogP contribution in [0.4, 0.5) is 0 Å². The lowest BCUT2D eigenvalue weighted by atomic mass is 10.1. The molecule has 8 nitrogen and oxygen atoms in total. The first-order chi connectivity index (χ1) is 11.5. The molecule has 0 saturated heterocycles. The van der Waals surface area contributed by atoms with Crippen LogP contribution < -0.4 is 16.2 Å². The number of carbonyl (C=O) groups excluding carboxylic acids is 2. The Morgan fingerprint density at radius 3 is 2.67 bits per heavy atom. The molecule has 1 aromatic carbocycles. The van der Waals surface area contributed by atoms with Crippen molar-refractivity contribution in [3.05, 3.63) is 34.6 Å². The third-order valence-corrected chi connectivity index (χ3v) is 3.41. The van der Waals surface area contributed by atoms with Crippen molar-refractivity contribution < 1.29 is 9.59 Å². The van der Waals surface area contributed by atoms with Crippen LogP contribution in [0.3, 0.4) is 0 Å². The quantitative estimate of drug-likeness (QED) is 0.747. The number of benzene rings is 1. The minimum Gasteiger partial charge on any atom is -0.355 e. The number of nitrogens with one attached hydrogen (secondary N) is 2. The van der Waals surface area contributed by atoms with Crippen molar-refractivity contribution in [3.8, 4) is 0 Å². The maximum atomic E-state index is 12.2. The third kappa shape index (κ3) is 4.87. The Kier molecular flexibility index (Phi) is 6.00. The first-order valence-electron chi connectivity index (χ1n) is 7.83. The lowest BCUT2D eigenvalue weighted by Gasteiger charge is -2.08. The van der Waals surface area contributed by atoms with E-state index in [0.717, 1.165) is 11.1 Å². The van der Waals surface area contributed by atoms with Crippen molar-refractivity contribution >= 4 is 22.7 Å². The number of hydrogen-bond donors (Lipinski definition) is 2. The van der Waals surface area contributed by atoms with E-state index >= 15 is 0 Å². The van der Waals surface area contributed by atoms with Gasteiger partial charge in [-0.05, 0) is 24.5 Å². The Hall–Kier alpha value is -2.77. The first kappa shape index (κ1) is 17.6. The van der Waals surface area contributed by atoms with E-state index in [1.165, 1.54) is 0 Å². The molecule has 24 heavy (non-hydrogen) atoms. The van der Waals surface area contributed by atoms with Crippen LogP contribution >= 0.6 is 0 Å². The van der Waals surface area contributed by atoms with Crippen molar-refractivity contribution in [1.82, 2.24) is 25.6 Å². The summed E-state index contributed by atoms with van der Waals surface area (Å²) in [5.41, 5.74) is 0.0841. The summed E-state index contributed by atoms with van der Waals surface area (Å²) in [7, 11) is 0. The molecule has 0 aliphatic rings. The van der Waals surface area contributed by atoms with Gasteiger partial charge >= 0.3 is 0 Å². The van der Waals surface area contributed by atoms with Crippen LogP contribution in [-0.4, -0.2) is 39.9 Å². The van der Waals surface area contributed by atoms with Gasteiger partial charge in [0.25, 0.3) is 5.56 Å². The fourth-order valence-electron chi connectivity index (χ4n) is 2.06. The van der Waals surface area contributed by atoms with Crippen molar-refractivity contribution in [2.45, 2.75) is 26.8 Å². The predicted octanol–water partition coefficient (Wildman–Crippen LogP) is 0.0700. The van der Waals surface area contributed by atoms with Crippen LogP contribution in [0.5, 0.6) is 0 Å². The van der Waals surface area contributed by atoms with Gasteiger partial charge in [0.05, 0.1) is 11.9 Å². The van der Waals surface area contributed by atoms with Crippen LogP contribution in [0.15, 0.2) is 29.1 Å². The maximum absolute atomic E-state index is 12.2. The van der Waals surface area contributed by atoms with E-state index in [2.05, 4.69) is 34.8 Å². The minimum absolute atomic E-state index is 0.132. The Labute approximate surface area is 139 Å². The third-order valence-electron chi connectivity index (χ3n) is 3.41. The van der Waals surface area contributed by atoms with E-state index in [-0.39, 0.29) is 19.0 Å². The molecule has 0 spiro atoms. The van der Waals surface area contributed by atoms with Gasteiger partial charge in [0.2, 0.25) is 11.8 Å². The second kappa shape index (κ2) is 8.19. The molecule has 0 aliphatic carbocycles. The van der Waals surface area contributed by atoms with Gasteiger partial charge in [-0.15, -0.1) is 5.10 Å². The Morgan fingerprint density at radius 2 is 1.92 bits per heavy atom. The van der Waals surface area contributed by atoms with Gasteiger partial charge in [-0.25, -0.2) is 4.68 Å². The molecule has 0 bridgehead atoms. The summed E-state index contributed by atoms with van der Waals surface area (Å²) in [6.45, 7) is 4.29. The average Bonchev–Trinajstić information content (AvgIpc) is 2.55. The van der Waals surface area contributed by atoms with Crippen LogP contribution in [0.1, 0.15) is 20.3 Å². The normalized spacial score (nSPS) is 10.8. The standard InChI is InChI=1S/C16H21N5O3/c1-11(2)7-8-17-14(22)9-18-15(23)10-21-16(24)12-5-3-4-6-13(12)19-20-21/h3-6,11H,7-10H2,1-2H3,(H,17,22)(H,18,23). The SMILES string of the molecule is CC(C)CCNC(=O)CNC(=O)Cn1nnc2ccccc2c1=O. The Morgan fingerprint density at radius 1 is 1.17 bits per heavy atom. The van der Waals surface area contributed by atoms with Crippen LogP contribution in [-0.2, 0) is 16.1 Å². The summed E-state index contributed by atoms with van der Waals surface area (Å²) in [5, 5.41) is 13.2. The fourth-order valence-corrected chi connectivity index (χ4v) is 2.06. The number of aromatic nitrogens is 3. The van der Waals surface area contributed by atoms with Gasteiger partial charge in [-0.1, -0.05) is 31.2 Å². The Balaban J connectivity index is 1.88. The van der Waals surface area contributed by atoms with Crippen LogP contribution in [0.25, 0.3) is 10.9 Å². The largest absolute Gasteiger partial charge is 0.355 e. The molecule has 0 aliphatic heterocycles. The lowest BCUT2D eigenvalue weighted by molar-refractivity contribution is -0.126. The molecule has 0 radical (unpaired) electrons. The zero-order chi connectivity index (χ0) is 17.5. The maximum Gasteiger partial charge on any atom is 0.278 e. The van der Waals surface area contributed by atoms with E-state index in [0.29, 0.717) is 23.4 Å². The molecular weight excluding hydrogens is 310 g/mol. The van der Waals surface area contributed by atoms with E-state index in [1.54, 1.807) is 24.3 Å². The molecule has 2 N–H and O–H groups in total. The number of carbonyl (C=O) groups is 2. The number of nitrogens with zero attached hydrogens (tertiary/aromatic N) is 3.